The van der Waals surface area contributed by atoms with Crippen molar-refractivity contribution in [1.29, 1.82) is 5.26 Å². The molecular weight excluding hydrogens is 282 g/mol. The van der Waals surface area contributed by atoms with E-state index in [1.165, 1.54) is 14.2 Å². The van der Waals surface area contributed by atoms with Crippen LogP contribution >= 0.6 is 0 Å². The van der Waals surface area contributed by atoms with Crippen molar-refractivity contribution in [2.45, 2.75) is 12.3 Å². The highest BCUT2D eigenvalue weighted by Crippen LogP contribution is 2.56. The lowest BCUT2D eigenvalue weighted by molar-refractivity contribution is -0.170. The number of allylic oxidation sites excluding steroid dienone is 1. The first-order valence-corrected chi connectivity index (χ1v) is 6.82. The Morgan fingerprint density at radius 1 is 1.23 bits per heavy atom. The van der Waals surface area contributed by atoms with E-state index in [2.05, 4.69) is 12.6 Å². The molecule has 0 bridgehead atoms. The quantitative estimate of drug-likeness (QED) is 0.486. The van der Waals surface area contributed by atoms with Gasteiger partial charge in [-0.1, -0.05) is 42.5 Å². The number of carbonyl (C=O) groups is 2. The molecule has 0 spiro atoms. The normalized spacial score (nSPS) is 22.7. The lowest BCUT2D eigenvalue weighted by Gasteiger charge is -2.30. The molecule has 1 aromatic rings. The number of benzene rings is 1. The summed E-state index contributed by atoms with van der Waals surface area (Å²) in [6.45, 7) is 3.87. The number of hydrogen-bond donors (Lipinski definition) is 0. The molecule has 1 aliphatic rings. The van der Waals surface area contributed by atoms with Crippen LogP contribution in [0.2, 0.25) is 0 Å². The molecule has 1 aliphatic carbocycles. The molecule has 0 aliphatic heterocycles. The van der Waals surface area contributed by atoms with E-state index in [9.17, 15) is 14.9 Å². The first kappa shape index (κ1) is 15.8. The Morgan fingerprint density at radius 3 is 2.23 bits per heavy atom. The number of hydrogen-bond acceptors (Lipinski definition) is 5. The maximum Gasteiger partial charge on any atom is 0.324 e. The molecule has 1 fully saturated rings. The first-order chi connectivity index (χ1) is 10.5. The predicted octanol–water partition coefficient (Wildman–Crippen LogP) is 2.20. The van der Waals surface area contributed by atoms with Crippen LogP contribution in [0.4, 0.5) is 0 Å². The van der Waals surface area contributed by atoms with Crippen LogP contribution in [0.15, 0.2) is 42.5 Å². The van der Waals surface area contributed by atoms with Gasteiger partial charge >= 0.3 is 11.9 Å². The Morgan fingerprint density at radius 2 is 1.77 bits per heavy atom. The highest BCUT2D eigenvalue weighted by atomic mass is 16.5. The van der Waals surface area contributed by atoms with Crippen LogP contribution in [-0.4, -0.2) is 26.2 Å². The largest absolute Gasteiger partial charge is 0.468 e. The van der Waals surface area contributed by atoms with Crippen LogP contribution in [0.1, 0.15) is 17.9 Å². The van der Waals surface area contributed by atoms with Crippen LogP contribution < -0.4 is 0 Å². The van der Waals surface area contributed by atoms with E-state index in [1.807, 2.05) is 6.07 Å². The van der Waals surface area contributed by atoms with Gasteiger partial charge in [0.25, 0.3) is 0 Å². The second kappa shape index (κ2) is 6.02. The monoisotopic (exact) mass is 299 g/mol. The number of ether oxygens (including phenoxy) is 2. The first-order valence-electron chi connectivity index (χ1n) is 6.82. The third-order valence-corrected chi connectivity index (χ3v) is 4.21. The summed E-state index contributed by atoms with van der Waals surface area (Å²) < 4.78 is 9.73. The van der Waals surface area contributed by atoms with Gasteiger partial charge in [0.15, 0.2) is 5.41 Å². The molecule has 0 heterocycles. The Kier molecular flexibility index (Phi) is 4.32. The molecule has 1 aromatic carbocycles. The minimum absolute atomic E-state index is 0.0458. The van der Waals surface area contributed by atoms with E-state index in [-0.39, 0.29) is 6.42 Å². The smallest absolute Gasteiger partial charge is 0.324 e. The summed E-state index contributed by atoms with van der Waals surface area (Å²) >= 11 is 0. The van der Waals surface area contributed by atoms with Crippen molar-refractivity contribution in [2.75, 3.05) is 14.2 Å². The number of carbonyl (C=O) groups excluding carboxylic acids is 2. The van der Waals surface area contributed by atoms with E-state index >= 15 is 0 Å². The second-order valence-electron chi connectivity index (χ2n) is 5.28. The highest BCUT2D eigenvalue weighted by molar-refractivity contribution is 6.02. The summed E-state index contributed by atoms with van der Waals surface area (Å²) in [5.41, 5.74) is -0.321. The van der Waals surface area contributed by atoms with Crippen molar-refractivity contribution in [1.82, 2.24) is 0 Å². The van der Waals surface area contributed by atoms with E-state index in [1.54, 1.807) is 24.3 Å². The fraction of sp³-hybridized carbons (Fsp3) is 0.353. The van der Waals surface area contributed by atoms with Gasteiger partial charge < -0.3 is 9.47 Å². The lowest BCUT2D eigenvalue weighted by atomic mass is 9.71. The number of rotatable bonds is 3. The van der Waals surface area contributed by atoms with Gasteiger partial charge in [0.05, 0.1) is 26.2 Å². The van der Waals surface area contributed by atoms with Crippen molar-refractivity contribution < 1.29 is 19.1 Å². The minimum Gasteiger partial charge on any atom is -0.468 e. The minimum atomic E-state index is -1.57. The van der Waals surface area contributed by atoms with Gasteiger partial charge in [-0.05, 0) is 12.0 Å². The summed E-state index contributed by atoms with van der Waals surface area (Å²) in [4.78, 5) is 24.9. The molecule has 0 saturated heterocycles. The van der Waals surface area contributed by atoms with Crippen LogP contribution in [-0.2, 0) is 19.1 Å². The van der Waals surface area contributed by atoms with Gasteiger partial charge in [-0.15, -0.1) is 0 Å². The predicted molar refractivity (Wildman–Crippen MR) is 78.5 cm³/mol. The number of esters is 2. The molecule has 114 valence electrons. The molecule has 0 amide bonds. The van der Waals surface area contributed by atoms with Gasteiger partial charge in [-0.3, -0.25) is 9.59 Å². The van der Waals surface area contributed by atoms with Gasteiger partial charge in [0.2, 0.25) is 0 Å². The summed E-state index contributed by atoms with van der Waals surface area (Å²) in [5.74, 6) is -2.73. The summed E-state index contributed by atoms with van der Waals surface area (Å²) in [6.07, 6.45) is 0.0458. The second-order valence-corrected chi connectivity index (χ2v) is 5.28. The van der Waals surface area contributed by atoms with Crippen LogP contribution in [0.25, 0.3) is 0 Å². The summed E-state index contributed by atoms with van der Waals surface area (Å²) in [7, 11) is 2.44. The Bertz CT molecular complexity index is 628. The van der Waals surface area contributed by atoms with Crippen molar-refractivity contribution >= 4 is 11.9 Å². The molecule has 1 saturated carbocycles. The SMILES string of the molecule is C=C1CC(C(=O)OC)(C(=O)OC)C(c2ccccc2)C1C#N. The number of methoxy groups -OCH3 is 2. The molecule has 0 N–H and O–H groups in total. The molecule has 2 unspecified atom stereocenters. The molecule has 2 rings (SSSR count). The van der Waals surface area contributed by atoms with Gasteiger partial charge in [-0.25, -0.2) is 0 Å². The fourth-order valence-electron chi connectivity index (χ4n) is 3.25. The Balaban J connectivity index is 2.69. The van der Waals surface area contributed by atoms with E-state index < -0.39 is 29.2 Å². The average Bonchev–Trinajstić information content (AvgIpc) is 2.87. The maximum absolute atomic E-state index is 12.5. The molecule has 5 heteroatoms. The molecule has 2 atom stereocenters. The molecule has 0 radical (unpaired) electrons. The zero-order valence-corrected chi connectivity index (χ0v) is 12.5. The van der Waals surface area contributed by atoms with Gasteiger partial charge in [0.1, 0.15) is 0 Å². The third kappa shape index (κ3) is 2.17. The molecule has 5 nitrogen and oxygen atoms in total. The van der Waals surface area contributed by atoms with Crippen LogP contribution in [0, 0.1) is 22.7 Å². The van der Waals surface area contributed by atoms with Gasteiger partial charge in [-0.2, -0.15) is 5.26 Å². The Labute approximate surface area is 129 Å². The van der Waals surface area contributed by atoms with E-state index in [0.29, 0.717) is 11.1 Å². The molecule has 22 heavy (non-hydrogen) atoms. The van der Waals surface area contributed by atoms with Crippen LogP contribution in [0.5, 0.6) is 0 Å². The van der Waals surface area contributed by atoms with Crippen LogP contribution in [0.3, 0.4) is 0 Å². The fourth-order valence-corrected chi connectivity index (χ4v) is 3.25. The van der Waals surface area contributed by atoms with Gasteiger partial charge in [0, 0.05) is 5.92 Å². The maximum atomic E-state index is 12.5. The van der Waals surface area contributed by atoms with Crippen molar-refractivity contribution in [3.63, 3.8) is 0 Å². The highest BCUT2D eigenvalue weighted by Gasteiger charge is 2.62. The average molecular weight is 299 g/mol. The van der Waals surface area contributed by atoms with E-state index in [4.69, 9.17) is 9.47 Å². The number of nitrogens with zero attached hydrogens (tertiary/aromatic N) is 1. The van der Waals surface area contributed by atoms with Crippen molar-refractivity contribution in [3.8, 4) is 6.07 Å². The zero-order chi connectivity index (χ0) is 16.3. The van der Waals surface area contributed by atoms with Crippen molar-refractivity contribution in [2.24, 2.45) is 11.3 Å². The standard InChI is InChI=1S/C17H17NO4/c1-11-9-17(15(19)21-2,16(20)22-3)14(13(11)10-18)12-7-5-4-6-8-12/h4-8,13-14H,1,9H2,2-3H3. The van der Waals surface area contributed by atoms with E-state index in [0.717, 1.165) is 0 Å². The molecule has 0 aromatic heterocycles. The lowest BCUT2D eigenvalue weighted by Crippen LogP contribution is -2.44. The summed E-state index contributed by atoms with van der Waals surface area (Å²) in [5, 5.41) is 9.49. The third-order valence-electron chi connectivity index (χ3n) is 4.21. The Hall–Kier alpha value is -2.61. The zero-order valence-electron chi connectivity index (χ0n) is 12.5. The van der Waals surface area contributed by atoms with Crippen molar-refractivity contribution in [3.05, 3.63) is 48.0 Å². The summed E-state index contributed by atoms with van der Waals surface area (Å²) in [6, 6.07) is 11.1. The molecular formula is C17H17NO4. The number of nitriles is 1. The topological polar surface area (TPSA) is 76.4 Å².